The number of sulfone groups is 1. The fourth-order valence-corrected chi connectivity index (χ4v) is 3.94. The van der Waals surface area contributed by atoms with Gasteiger partial charge in [-0.2, -0.15) is 0 Å². The highest BCUT2D eigenvalue weighted by Gasteiger charge is 2.21. The van der Waals surface area contributed by atoms with Crippen molar-refractivity contribution in [3.8, 4) is 0 Å². The third-order valence-electron chi connectivity index (χ3n) is 3.62. The van der Waals surface area contributed by atoms with Crippen molar-refractivity contribution in [3.05, 3.63) is 59.7 Å². The van der Waals surface area contributed by atoms with E-state index >= 15 is 0 Å². The lowest BCUT2D eigenvalue weighted by Crippen LogP contribution is -2.27. The zero-order valence-electron chi connectivity index (χ0n) is 13.7. The third-order valence-corrected chi connectivity index (χ3v) is 5.59. The van der Waals surface area contributed by atoms with Gasteiger partial charge in [0.05, 0.1) is 16.2 Å². The van der Waals surface area contributed by atoms with Gasteiger partial charge in [0.25, 0.3) is 5.91 Å². The van der Waals surface area contributed by atoms with Gasteiger partial charge in [-0.3, -0.25) is 4.79 Å². The van der Waals surface area contributed by atoms with E-state index in [0.29, 0.717) is 25.1 Å². The molecule has 0 atom stereocenters. The van der Waals surface area contributed by atoms with Crippen LogP contribution in [0.5, 0.6) is 0 Å². The summed E-state index contributed by atoms with van der Waals surface area (Å²) in [5.41, 5.74) is 7.58. The number of nitrogens with one attached hydrogen (secondary N) is 1. The Hall–Kier alpha value is -2.34. The molecular weight excluding hydrogens is 324 g/mol. The first kappa shape index (κ1) is 18.0. The van der Waals surface area contributed by atoms with Crippen LogP contribution in [-0.4, -0.2) is 26.6 Å². The molecule has 6 heteroatoms. The summed E-state index contributed by atoms with van der Waals surface area (Å²) in [5.74, 6) is -0.344. The molecule has 2 aromatic rings. The molecule has 5 nitrogen and oxygen atoms in total. The molecule has 0 aliphatic rings. The first-order valence-corrected chi connectivity index (χ1v) is 9.53. The molecule has 0 aliphatic heterocycles. The summed E-state index contributed by atoms with van der Waals surface area (Å²) in [6.45, 7) is 2.22. The standard InChI is InChI=1S/C18H22N2O3S/c1-2-13-24(22,23)17-6-4-3-5-16(17)18(21)20-12-11-14-7-9-15(19)10-8-14/h3-10H,2,11-13,19H2,1H3,(H,20,21). The van der Waals surface area contributed by atoms with E-state index in [1.54, 1.807) is 25.1 Å². The predicted octanol–water partition coefficient (Wildman–Crippen LogP) is 2.43. The smallest absolute Gasteiger partial charge is 0.252 e. The summed E-state index contributed by atoms with van der Waals surface area (Å²) in [6.07, 6.45) is 1.16. The van der Waals surface area contributed by atoms with Gasteiger partial charge in [-0.25, -0.2) is 8.42 Å². The largest absolute Gasteiger partial charge is 0.399 e. The van der Waals surface area contributed by atoms with Crippen LogP contribution in [0.3, 0.4) is 0 Å². The molecule has 0 saturated carbocycles. The van der Waals surface area contributed by atoms with Gasteiger partial charge in [-0.1, -0.05) is 31.2 Å². The molecule has 0 unspecified atom stereocenters. The molecule has 2 rings (SSSR count). The maximum Gasteiger partial charge on any atom is 0.252 e. The van der Waals surface area contributed by atoms with E-state index < -0.39 is 9.84 Å². The van der Waals surface area contributed by atoms with Gasteiger partial charge in [-0.05, 0) is 42.7 Å². The number of amides is 1. The maximum atomic E-state index is 12.4. The van der Waals surface area contributed by atoms with E-state index in [0.717, 1.165) is 5.56 Å². The lowest BCUT2D eigenvalue weighted by molar-refractivity contribution is 0.0951. The minimum absolute atomic E-state index is 0.0305. The molecule has 0 bridgehead atoms. The first-order valence-electron chi connectivity index (χ1n) is 7.88. The van der Waals surface area contributed by atoms with Gasteiger partial charge in [0, 0.05) is 12.2 Å². The molecule has 2 aromatic carbocycles. The number of rotatable bonds is 7. The van der Waals surface area contributed by atoms with Crippen molar-refractivity contribution < 1.29 is 13.2 Å². The van der Waals surface area contributed by atoms with E-state index in [1.165, 1.54) is 6.07 Å². The molecule has 0 heterocycles. The van der Waals surface area contributed by atoms with E-state index in [4.69, 9.17) is 5.73 Å². The fraction of sp³-hybridized carbons (Fsp3) is 0.278. The molecule has 0 radical (unpaired) electrons. The second kappa shape index (κ2) is 7.97. The summed E-state index contributed by atoms with van der Waals surface area (Å²) in [6, 6.07) is 13.8. The third kappa shape index (κ3) is 4.58. The number of hydrogen-bond donors (Lipinski definition) is 2. The van der Waals surface area contributed by atoms with Crippen molar-refractivity contribution in [1.29, 1.82) is 0 Å². The summed E-state index contributed by atoms with van der Waals surface area (Å²) in [7, 11) is -3.44. The average molecular weight is 346 g/mol. The van der Waals surface area contributed by atoms with Crippen LogP contribution in [0.1, 0.15) is 29.3 Å². The molecule has 128 valence electrons. The van der Waals surface area contributed by atoms with E-state index in [2.05, 4.69) is 5.32 Å². The average Bonchev–Trinajstić information content (AvgIpc) is 2.56. The predicted molar refractivity (Wildman–Crippen MR) is 95.7 cm³/mol. The van der Waals surface area contributed by atoms with Gasteiger partial charge in [0.15, 0.2) is 9.84 Å². The van der Waals surface area contributed by atoms with Crippen LogP contribution in [0.25, 0.3) is 0 Å². The lowest BCUT2D eigenvalue weighted by Gasteiger charge is -2.10. The molecule has 0 fully saturated rings. The zero-order chi connectivity index (χ0) is 17.6. The first-order chi connectivity index (χ1) is 11.4. The minimum Gasteiger partial charge on any atom is -0.399 e. The fourth-order valence-electron chi connectivity index (χ4n) is 2.40. The summed E-state index contributed by atoms with van der Waals surface area (Å²) in [4.78, 5) is 12.5. The van der Waals surface area contributed by atoms with Crippen molar-refractivity contribution in [2.75, 3.05) is 18.0 Å². The second-order valence-corrected chi connectivity index (χ2v) is 7.64. The number of hydrogen-bond acceptors (Lipinski definition) is 4. The highest BCUT2D eigenvalue weighted by molar-refractivity contribution is 7.91. The number of nitrogen functional groups attached to an aromatic ring is 1. The van der Waals surface area contributed by atoms with Crippen molar-refractivity contribution >= 4 is 21.4 Å². The SMILES string of the molecule is CCCS(=O)(=O)c1ccccc1C(=O)NCCc1ccc(N)cc1. The molecule has 0 aromatic heterocycles. The highest BCUT2D eigenvalue weighted by atomic mass is 32.2. The zero-order valence-corrected chi connectivity index (χ0v) is 14.5. The number of nitrogens with two attached hydrogens (primary N) is 1. The minimum atomic E-state index is -3.44. The number of anilines is 1. The molecule has 1 amide bonds. The van der Waals surface area contributed by atoms with Crippen LogP contribution in [0.2, 0.25) is 0 Å². The van der Waals surface area contributed by atoms with Crippen molar-refractivity contribution in [1.82, 2.24) is 5.32 Å². The summed E-state index contributed by atoms with van der Waals surface area (Å²) >= 11 is 0. The maximum absolute atomic E-state index is 12.4. The Morgan fingerprint density at radius 3 is 2.42 bits per heavy atom. The Morgan fingerprint density at radius 2 is 1.75 bits per heavy atom. The van der Waals surface area contributed by atoms with E-state index in [-0.39, 0.29) is 22.1 Å². The van der Waals surface area contributed by atoms with Gasteiger partial charge >= 0.3 is 0 Å². The Morgan fingerprint density at radius 1 is 1.08 bits per heavy atom. The molecule has 0 saturated heterocycles. The summed E-state index contributed by atoms with van der Waals surface area (Å²) < 4.78 is 24.6. The summed E-state index contributed by atoms with van der Waals surface area (Å²) in [5, 5.41) is 2.78. The molecule has 0 aliphatic carbocycles. The van der Waals surface area contributed by atoms with Crippen LogP contribution in [0.4, 0.5) is 5.69 Å². The Bertz CT molecular complexity index is 799. The van der Waals surface area contributed by atoms with E-state index in [9.17, 15) is 13.2 Å². The van der Waals surface area contributed by atoms with E-state index in [1.807, 2.05) is 24.3 Å². The van der Waals surface area contributed by atoms with Gasteiger partial charge in [0.2, 0.25) is 0 Å². The topological polar surface area (TPSA) is 89.3 Å². The monoisotopic (exact) mass is 346 g/mol. The molecular formula is C18H22N2O3S. The number of benzene rings is 2. The Kier molecular flexibility index (Phi) is 5.98. The quantitative estimate of drug-likeness (QED) is 0.754. The van der Waals surface area contributed by atoms with Crippen molar-refractivity contribution in [3.63, 3.8) is 0 Å². The van der Waals surface area contributed by atoms with Crippen LogP contribution in [0.15, 0.2) is 53.4 Å². The van der Waals surface area contributed by atoms with Crippen molar-refractivity contribution in [2.24, 2.45) is 0 Å². The Balaban J connectivity index is 2.06. The van der Waals surface area contributed by atoms with Crippen LogP contribution in [0, 0.1) is 0 Å². The second-order valence-electron chi connectivity index (χ2n) is 5.56. The van der Waals surface area contributed by atoms with Gasteiger partial charge in [-0.15, -0.1) is 0 Å². The number of carbonyl (C=O) groups is 1. The lowest BCUT2D eigenvalue weighted by atomic mass is 10.1. The van der Waals surface area contributed by atoms with Gasteiger partial charge < -0.3 is 11.1 Å². The number of carbonyl (C=O) groups excluding carboxylic acids is 1. The Labute approximate surface area is 142 Å². The van der Waals surface area contributed by atoms with Gasteiger partial charge in [0.1, 0.15) is 0 Å². The molecule has 3 N–H and O–H groups in total. The van der Waals surface area contributed by atoms with Crippen LogP contribution < -0.4 is 11.1 Å². The van der Waals surface area contributed by atoms with Crippen LogP contribution >= 0.6 is 0 Å². The molecule has 0 spiro atoms. The molecule has 24 heavy (non-hydrogen) atoms. The van der Waals surface area contributed by atoms with Crippen molar-refractivity contribution in [2.45, 2.75) is 24.7 Å². The normalized spacial score (nSPS) is 11.2. The van der Waals surface area contributed by atoms with Crippen LogP contribution in [-0.2, 0) is 16.3 Å². The highest BCUT2D eigenvalue weighted by Crippen LogP contribution is 2.17.